The van der Waals surface area contributed by atoms with Gasteiger partial charge in [0, 0.05) is 5.69 Å². The first kappa shape index (κ1) is 24.6. The minimum absolute atomic E-state index is 0.0342. The van der Waals surface area contributed by atoms with Gasteiger partial charge in [0.25, 0.3) is 11.1 Å². The van der Waals surface area contributed by atoms with Crippen LogP contribution in [0, 0.1) is 0 Å². The molecule has 1 saturated heterocycles. The quantitative estimate of drug-likeness (QED) is 0.482. The minimum Gasteiger partial charge on any atom is -0.503 e. The SMILES string of the molecule is CCOc1cc(/C=C2\SC(=O)N(CC(=O)Nc3cccc(C(F)(F)F)c3)C2=O)cc(Br)c1O. The minimum atomic E-state index is -4.58. The molecule has 12 heteroatoms. The lowest BCUT2D eigenvalue weighted by Crippen LogP contribution is -2.36. The molecule has 0 spiro atoms. The van der Waals surface area contributed by atoms with Crippen molar-refractivity contribution in [2.45, 2.75) is 13.1 Å². The number of nitrogens with one attached hydrogen (secondary N) is 1. The Balaban J connectivity index is 1.74. The Morgan fingerprint density at radius 1 is 1.27 bits per heavy atom. The van der Waals surface area contributed by atoms with Gasteiger partial charge >= 0.3 is 6.18 Å². The van der Waals surface area contributed by atoms with Gasteiger partial charge < -0.3 is 15.2 Å². The number of thioether (sulfide) groups is 1. The Bertz CT molecular complexity index is 1150. The Hall–Kier alpha value is -2.99. The second kappa shape index (κ2) is 9.87. The Labute approximate surface area is 198 Å². The molecule has 7 nitrogen and oxygen atoms in total. The molecule has 2 aromatic carbocycles. The number of ether oxygens (including phenoxy) is 1. The van der Waals surface area contributed by atoms with Crippen molar-refractivity contribution in [2.24, 2.45) is 0 Å². The fourth-order valence-electron chi connectivity index (χ4n) is 2.85. The van der Waals surface area contributed by atoms with Gasteiger partial charge in [-0.25, -0.2) is 0 Å². The van der Waals surface area contributed by atoms with Crippen LogP contribution in [0.1, 0.15) is 18.1 Å². The van der Waals surface area contributed by atoms with E-state index >= 15 is 0 Å². The number of alkyl halides is 3. The summed E-state index contributed by atoms with van der Waals surface area (Å²) < 4.78 is 44.1. The molecule has 1 fully saturated rings. The summed E-state index contributed by atoms with van der Waals surface area (Å²) in [5, 5.41) is 11.6. The third-order valence-corrected chi connectivity index (χ3v) is 5.81. The fraction of sp³-hybridized carbons (Fsp3) is 0.190. The van der Waals surface area contributed by atoms with Crippen LogP contribution in [0.2, 0.25) is 0 Å². The molecule has 1 heterocycles. The molecule has 0 atom stereocenters. The lowest BCUT2D eigenvalue weighted by Gasteiger charge is -2.13. The molecule has 0 aromatic heterocycles. The van der Waals surface area contributed by atoms with Crippen molar-refractivity contribution in [3.05, 3.63) is 56.9 Å². The van der Waals surface area contributed by atoms with E-state index in [-0.39, 0.29) is 22.1 Å². The van der Waals surface area contributed by atoms with Crippen LogP contribution in [-0.2, 0) is 15.8 Å². The highest BCUT2D eigenvalue weighted by Gasteiger charge is 2.36. The van der Waals surface area contributed by atoms with Crippen molar-refractivity contribution in [1.29, 1.82) is 0 Å². The highest BCUT2D eigenvalue weighted by molar-refractivity contribution is 9.10. The Morgan fingerprint density at radius 2 is 2.00 bits per heavy atom. The van der Waals surface area contributed by atoms with Gasteiger partial charge in [0.1, 0.15) is 6.54 Å². The zero-order valence-corrected chi connectivity index (χ0v) is 19.3. The number of aromatic hydroxyl groups is 1. The molecular formula is C21H16BrF3N2O5S. The maximum Gasteiger partial charge on any atom is 0.416 e. The summed E-state index contributed by atoms with van der Waals surface area (Å²) in [7, 11) is 0. The number of benzene rings is 2. The standard InChI is InChI=1S/C21H16BrF3N2O5S/c1-2-32-15-7-11(6-14(22)18(15)29)8-16-19(30)27(20(31)33-16)10-17(28)26-13-5-3-4-12(9-13)21(23,24)25/h3-9,29H,2,10H2,1H3,(H,26,28)/b16-8-. The van der Waals surface area contributed by atoms with Crippen molar-refractivity contribution in [2.75, 3.05) is 18.5 Å². The zero-order chi connectivity index (χ0) is 24.3. The van der Waals surface area contributed by atoms with Crippen molar-refractivity contribution in [1.82, 2.24) is 4.90 Å². The topological polar surface area (TPSA) is 95.9 Å². The van der Waals surface area contributed by atoms with Crippen molar-refractivity contribution in [3.63, 3.8) is 0 Å². The smallest absolute Gasteiger partial charge is 0.416 e. The molecule has 0 unspecified atom stereocenters. The van der Waals surface area contributed by atoms with Crippen LogP contribution in [-0.4, -0.2) is 40.2 Å². The van der Waals surface area contributed by atoms with Crippen molar-refractivity contribution < 1.29 is 37.4 Å². The number of carbonyl (C=O) groups is 3. The highest BCUT2D eigenvalue weighted by atomic mass is 79.9. The number of rotatable bonds is 6. The molecule has 2 N–H and O–H groups in total. The van der Waals surface area contributed by atoms with Crippen molar-refractivity contribution >= 4 is 56.5 Å². The summed E-state index contributed by atoms with van der Waals surface area (Å²) in [4.78, 5) is 37.9. The van der Waals surface area contributed by atoms with Crippen LogP contribution in [0.5, 0.6) is 11.5 Å². The molecule has 1 aliphatic heterocycles. The van der Waals surface area contributed by atoms with Gasteiger partial charge in [-0.15, -0.1) is 0 Å². The van der Waals surface area contributed by atoms with E-state index in [1.165, 1.54) is 24.3 Å². The van der Waals surface area contributed by atoms with E-state index in [1.807, 2.05) is 0 Å². The predicted octanol–water partition coefficient (Wildman–Crippen LogP) is 5.25. The average molecular weight is 545 g/mol. The summed E-state index contributed by atoms with van der Waals surface area (Å²) in [6, 6.07) is 7.01. The van der Waals surface area contributed by atoms with E-state index in [4.69, 9.17) is 4.74 Å². The van der Waals surface area contributed by atoms with Gasteiger partial charge in [-0.3, -0.25) is 19.3 Å². The number of phenols is 1. The van der Waals surface area contributed by atoms with Gasteiger partial charge in [0.05, 0.1) is 21.5 Å². The first-order valence-electron chi connectivity index (χ1n) is 9.37. The second-order valence-corrected chi connectivity index (χ2v) is 8.52. The molecule has 1 aliphatic rings. The molecule has 0 radical (unpaired) electrons. The van der Waals surface area contributed by atoms with E-state index < -0.39 is 35.3 Å². The number of imide groups is 1. The number of nitrogens with zero attached hydrogens (tertiary/aromatic N) is 1. The molecule has 3 amide bonds. The molecule has 174 valence electrons. The number of hydrogen-bond acceptors (Lipinski definition) is 6. The van der Waals surface area contributed by atoms with Crippen LogP contribution >= 0.6 is 27.7 Å². The molecule has 33 heavy (non-hydrogen) atoms. The van der Waals surface area contributed by atoms with Gasteiger partial charge in [-0.2, -0.15) is 13.2 Å². The largest absolute Gasteiger partial charge is 0.503 e. The molecular weight excluding hydrogens is 529 g/mol. The first-order valence-corrected chi connectivity index (χ1v) is 11.0. The monoisotopic (exact) mass is 544 g/mol. The lowest BCUT2D eigenvalue weighted by atomic mass is 10.2. The van der Waals surface area contributed by atoms with Crippen LogP contribution in [0.25, 0.3) is 6.08 Å². The van der Waals surface area contributed by atoms with Gasteiger partial charge in [-0.1, -0.05) is 6.07 Å². The average Bonchev–Trinajstić information content (AvgIpc) is 2.98. The summed E-state index contributed by atoms with van der Waals surface area (Å²) in [6.45, 7) is 1.36. The van der Waals surface area contributed by atoms with Crippen molar-refractivity contribution in [3.8, 4) is 11.5 Å². The predicted molar refractivity (Wildman–Crippen MR) is 120 cm³/mol. The van der Waals surface area contributed by atoms with Gasteiger partial charge in [0.15, 0.2) is 11.5 Å². The summed E-state index contributed by atoms with van der Waals surface area (Å²) in [5.41, 5.74) is -0.599. The number of anilines is 1. The Kier molecular flexibility index (Phi) is 7.38. The molecule has 2 aromatic rings. The number of carbonyl (C=O) groups excluding carboxylic acids is 3. The molecule has 0 bridgehead atoms. The zero-order valence-electron chi connectivity index (χ0n) is 16.9. The van der Waals surface area contributed by atoms with E-state index in [0.717, 1.165) is 18.2 Å². The third-order valence-electron chi connectivity index (χ3n) is 4.30. The molecule has 3 rings (SSSR count). The maximum absolute atomic E-state index is 12.8. The number of halogens is 4. The normalized spacial score (nSPS) is 15.3. The van der Waals surface area contributed by atoms with E-state index in [1.54, 1.807) is 6.92 Å². The molecule has 0 aliphatic carbocycles. The third kappa shape index (κ3) is 5.88. The summed E-state index contributed by atoms with van der Waals surface area (Å²) in [5.74, 6) is -1.50. The maximum atomic E-state index is 12.8. The van der Waals surface area contributed by atoms with Gasteiger partial charge in [-0.05, 0) is 76.6 Å². The number of phenolic OH excluding ortho intramolecular Hbond substituents is 1. The second-order valence-electron chi connectivity index (χ2n) is 6.68. The summed E-state index contributed by atoms with van der Waals surface area (Å²) in [6.07, 6.45) is -3.18. The number of hydrogen-bond donors (Lipinski definition) is 2. The van der Waals surface area contributed by atoms with Crippen LogP contribution < -0.4 is 10.1 Å². The van der Waals surface area contributed by atoms with E-state index in [0.29, 0.717) is 33.3 Å². The first-order chi connectivity index (χ1) is 15.5. The fourth-order valence-corrected chi connectivity index (χ4v) is 4.15. The highest BCUT2D eigenvalue weighted by Crippen LogP contribution is 2.38. The van der Waals surface area contributed by atoms with Crippen LogP contribution in [0.15, 0.2) is 45.8 Å². The van der Waals surface area contributed by atoms with Gasteiger partial charge in [0.2, 0.25) is 5.91 Å². The van der Waals surface area contributed by atoms with Crippen LogP contribution in [0.4, 0.5) is 23.7 Å². The Morgan fingerprint density at radius 3 is 2.67 bits per heavy atom. The summed E-state index contributed by atoms with van der Waals surface area (Å²) >= 11 is 3.80. The number of amides is 3. The van der Waals surface area contributed by atoms with E-state index in [9.17, 15) is 32.7 Å². The lowest BCUT2D eigenvalue weighted by molar-refractivity contribution is -0.137. The van der Waals surface area contributed by atoms with E-state index in [2.05, 4.69) is 21.2 Å². The molecule has 0 saturated carbocycles. The van der Waals surface area contributed by atoms with Crippen LogP contribution in [0.3, 0.4) is 0 Å².